The number of alkyl halides is 3. The van der Waals surface area contributed by atoms with Gasteiger partial charge in [0, 0.05) is 12.5 Å². The van der Waals surface area contributed by atoms with Crippen LogP contribution in [0.25, 0.3) is 0 Å². The first-order valence-electron chi connectivity index (χ1n) is 5.65. The third-order valence-electron chi connectivity index (χ3n) is 2.56. The molecule has 2 atom stereocenters. The van der Waals surface area contributed by atoms with E-state index >= 15 is 0 Å². The van der Waals surface area contributed by atoms with E-state index in [4.69, 9.17) is 4.74 Å². The zero-order valence-corrected chi connectivity index (χ0v) is 11.6. The van der Waals surface area contributed by atoms with E-state index in [0.29, 0.717) is 6.42 Å². The van der Waals surface area contributed by atoms with E-state index in [1.54, 1.807) is 13.8 Å². The first-order chi connectivity index (χ1) is 8.79. The number of rotatable bonds is 5. The van der Waals surface area contributed by atoms with Gasteiger partial charge in [0.2, 0.25) is 5.91 Å². The summed E-state index contributed by atoms with van der Waals surface area (Å²) in [4.78, 5) is 15.2. The fraction of sp³-hybridized carbons (Fsp3) is 0.636. The van der Waals surface area contributed by atoms with E-state index in [1.165, 1.54) is 7.11 Å². The molecule has 0 aliphatic rings. The third-order valence-corrected chi connectivity index (χ3v) is 3.52. The van der Waals surface area contributed by atoms with Crippen molar-refractivity contribution in [3.05, 3.63) is 16.1 Å². The Hall–Kier alpha value is -1.15. The Morgan fingerprint density at radius 2 is 2.21 bits per heavy atom. The molecule has 0 aliphatic heterocycles. The highest BCUT2D eigenvalue weighted by Crippen LogP contribution is 2.32. The Morgan fingerprint density at radius 1 is 1.58 bits per heavy atom. The molecule has 0 unspecified atom stereocenters. The van der Waals surface area contributed by atoms with Gasteiger partial charge in [-0.2, -0.15) is 13.2 Å². The predicted molar refractivity (Wildman–Crippen MR) is 64.8 cm³/mol. The third kappa shape index (κ3) is 4.17. The number of carbonyl (C=O) groups excluding carboxylic acids is 1. The molecule has 0 radical (unpaired) electrons. The van der Waals surface area contributed by atoms with E-state index in [2.05, 4.69) is 10.3 Å². The normalized spacial score (nSPS) is 15.1. The van der Waals surface area contributed by atoms with Crippen LogP contribution >= 0.6 is 11.3 Å². The SMILES string of the molecule is CC[C@H](NC(=O)[C@@H](C)OC)c1nc(C(F)(F)F)cs1. The Labute approximate surface area is 113 Å². The van der Waals surface area contributed by atoms with Crippen LogP contribution in [0.5, 0.6) is 0 Å². The molecular weight excluding hydrogens is 281 g/mol. The zero-order chi connectivity index (χ0) is 14.6. The van der Waals surface area contributed by atoms with Crippen molar-refractivity contribution in [1.82, 2.24) is 10.3 Å². The summed E-state index contributed by atoms with van der Waals surface area (Å²) in [5.74, 6) is -0.377. The standard InChI is InChI=1S/C11H15F3N2O2S/c1-4-7(15-9(17)6(2)18-3)10-16-8(5-19-10)11(12,13)14/h5-7H,4H2,1-3H3,(H,15,17)/t6-,7+/m1/s1. The number of amides is 1. The van der Waals surface area contributed by atoms with Gasteiger partial charge in [-0.15, -0.1) is 11.3 Å². The lowest BCUT2D eigenvalue weighted by atomic mass is 10.2. The van der Waals surface area contributed by atoms with Gasteiger partial charge in [-0.3, -0.25) is 4.79 Å². The fourth-order valence-electron chi connectivity index (χ4n) is 1.31. The lowest BCUT2D eigenvalue weighted by molar-refractivity contribution is -0.140. The molecule has 1 heterocycles. The second kappa shape index (κ2) is 6.33. The summed E-state index contributed by atoms with van der Waals surface area (Å²) in [5, 5.41) is 3.81. The molecule has 1 aromatic rings. The maximum absolute atomic E-state index is 12.5. The van der Waals surface area contributed by atoms with Crippen molar-refractivity contribution in [2.45, 2.75) is 38.6 Å². The van der Waals surface area contributed by atoms with Gasteiger partial charge in [-0.05, 0) is 13.3 Å². The van der Waals surface area contributed by atoms with Crippen molar-refractivity contribution >= 4 is 17.2 Å². The Bertz CT molecular complexity index is 434. The first-order valence-corrected chi connectivity index (χ1v) is 6.53. The summed E-state index contributed by atoms with van der Waals surface area (Å²) in [7, 11) is 1.39. The molecule has 8 heteroatoms. The summed E-state index contributed by atoms with van der Waals surface area (Å²) in [6.07, 6.45) is -4.67. The predicted octanol–water partition coefficient (Wildman–Crippen LogP) is 2.76. The van der Waals surface area contributed by atoms with Crippen LogP contribution in [-0.2, 0) is 15.7 Å². The van der Waals surface area contributed by atoms with Crippen molar-refractivity contribution in [1.29, 1.82) is 0 Å². The maximum Gasteiger partial charge on any atom is 0.434 e. The highest BCUT2D eigenvalue weighted by molar-refractivity contribution is 7.09. The second-order valence-electron chi connectivity index (χ2n) is 3.92. The second-order valence-corrected chi connectivity index (χ2v) is 4.81. The smallest absolute Gasteiger partial charge is 0.372 e. The quantitative estimate of drug-likeness (QED) is 0.909. The topological polar surface area (TPSA) is 51.2 Å². The lowest BCUT2D eigenvalue weighted by Gasteiger charge is -2.17. The molecular formula is C11H15F3N2O2S. The average Bonchev–Trinajstić information content (AvgIpc) is 2.83. The monoisotopic (exact) mass is 296 g/mol. The number of hydrogen-bond donors (Lipinski definition) is 1. The minimum absolute atomic E-state index is 0.242. The van der Waals surface area contributed by atoms with Crippen molar-refractivity contribution in [2.75, 3.05) is 7.11 Å². The van der Waals surface area contributed by atoms with Crippen LogP contribution in [0.4, 0.5) is 13.2 Å². The van der Waals surface area contributed by atoms with Crippen molar-refractivity contribution < 1.29 is 22.7 Å². The van der Waals surface area contributed by atoms with Gasteiger partial charge in [0.25, 0.3) is 0 Å². The van der Waals surface area contributed by atoms with Crippen molar-refractivity contribution in [2.24, 2.45) is 0 Å². The number of carbonyl (C=O) groups is 1. The number of nitrogens with one attached hydrogen (secondary N) is 1. The van der Waals surface area contributed by atoms with Gasteiger partial charge in [0.05, 0.1) is 6.04 Å². The largest absolute Gasteiger partial charge is 0.434 e. The van der Waals surface area contributed by atoms with Gasteiger partial charge in [0.15, 0.2) is 5.69 Å². The van der Waals surface area contributed by atoms with Gasteiger partial charge in [-0.1, -0.05) is 6.92 Å². The van der Waals surface area contributed by atoms with Crippen LogP contribution < -0.4 is 5.32 Å². The first kappa shape index (κ1) is 15.9. The summed E-state index contributed by atoms with van der Waals surface area (Å²) in [6.45, 7) is 3.32. The summed E-state index contributed by atoms with van der Waals surface area (Å²) < 4.78 is 42.2. The molecule has 4 nitrogen and oxygen atoms in total. The molecule has 0 saturated carbocycles. The molecule has 0 saturated heterocycles. The number of aromatic nitrogens is 1. The van der Waals surface area contributed by atoms with Crippen molar-refractivity contribution in [3.63, 3.8) is 0 Å². The minimum atomic E-state index is -4.46. The highest BCUT2D eigenvalue weighted by atomic mass is 32.1. The molecule has 108 valence electrons. The summed E-state index contributed by atoms with van der Waals surface area (Å²) in [5.41, 5.74) is -0.931. The summed E-state index contributed by atoms with van der Waals surface area (Å²) in [6, 6.07) is -0.536. The van der Waals surface area contributed by atoms with Gasteiger partial charge < -0.3 is 10.1 Å². The van der Waals surface area contributed by atoms with E-state index in [1.807, 2.05) is 0 Å². The number of ether oxygens (including phenoxy) is 1. The molecule has 1 N–H and O–H groups in total. The van der Waals surface area contributed by atoms with Crippen LogP contribution in [0.2, 0.25) is 0 Å². The number of nitrogens with zero attached hydrogens (tertiary/aromatic N) is 1. The molecule has 0 spiro atoms. The molecule has 1 amide bonds. The van der Waals surface area contributed by atoms with Crippen LogP contribution in [0.3, 0.4) is 0 Å². The molecule has 0 aliphatic carbocycles. The molecule has 0 fully saturated rings. The fourth-order valence-corrected chi connectivity index (χ4v) is 2.27. The number of methoxy groups -OCH3 is 1. The summed E-state index contributed by atoms with van der Waals surface area (Å²) >= 11 is 0.884. The number of hydrogen-bond acceptors (Lipinski definition) is 4. The molecule has 19 heavy (non-hydrogen) atoms. The van der Waals surface area contributed by atoms with Crippen LogP contribution in [0, 0.1) is 0 Å². The van der Waals surface area contributed by atoms with Gasteiger partial charge >= 0.3 is 6.18 Å². The van der Waals surface area contributed by atoms with Gasteiger partial charge in [0.1, 0.15) is 11.1 Å². The van der Waals surface area contributed by atoms with Crippen LogP contribution in [0.15, 0.2) is 5.38 Å². The molecule has 0 aromatic carbocycles. The van der Waals surface area contributed by atoms with Gasteiger partial charge in [-0.25, -0.2) is 4.98 Å². The van der Waals surface area contributed by atoms with E-state index in [-0.39, 0.29) is 10.9 Å². The Morgan fingerprint density at radius 3 is 2.63 bits per heavy atom. The van der Waals surface area contributed by atoms with Crippen molar-refractivity contribution in [3.8, 4) is 0 Å². The Balaban J connectivity index is 2.81. The number of thiazole rings is 1. The highest BCUT2D eigenvalue weighted by Gasteiger charge is 2.34. The average molecular weight is 296 g/mol. The van der Waals surface area contributed by atoms with E-state index in [0.717, 1.165) is 16.7 Å². The molecule has 1 rings (SSSR count). The maximum atomic E-state index is 12.5. The zero-order valence-electron chi connectivity index (χ0n) is 10.7. The van der Waals surface area contributed by atoms with Crippen LogP contribution in [-0.4, -0.2) is 24.1 Å². The van der Waals surface area contributed by atoms with Crippen LogP contribution in [0.1, 0.15) is 37.0 Å². The lowest BCUT2D eigenvalue weighted by Crippen LogP contribution is -2.36. The minimum Gasteiger partial charge on any atom is -0.372 e. The molecule has 1 aromatic heterocycles. The van der Waals surface area contributed by atoms with E-state index in [9.17, 15) is 18.0 Å². The number of halogens is 3. The Kier molecular flexibility index (Phi) is 5.30. The van der Waals surface area contributed by atoms with E-state index < -0.39 is 24.0 Å². The molecule has 0 bridgehead atoms.